The Morgan fingerprint density at radius 3 is 2.71 bits per heavy atom. The fourth-order valence-electron chi connectivity index (χ4n) is 3.28. The van der Waals surface area contributed by atoms with Crippen molar-refractivity contribution in [2.75, 3.05) is 18.5 Å². The first-order valence-corrected chi connectivity index (χ1v) is 9.98. The molecule has 0 spiro atoms. The van der Waals surface area contributed by atoms with Crippen molar-refractivity contribution < 1.29 is 9.53 Å². The SMILES string of the molecule is CCOC(=O)c1ccc2c(c1)c(/C=C\CCCNc1ccccc1)cn2CC. The summed E-state index contributed by atoms with van der Waals surface area (Å²) in [5.41, 5.74) is 4.04. The number of nitrogens with zero attached hydrogens (tertiary/aromatic N) is 1. The predicted molar refractivity (Wildman–Crippen MR) is 117 cm³/mol. The maximum absolute atomic E-state index is 12.1. The maximum atomic E-state index is 12.1. The number of hydrogen-bond donors (Lipinski definition) is 1. The van der Waals surface area contributed by atoms with Gasteiger partial charge >= 0.3 is 5.97 Å². The highest BCUT2D eigenvalue weighted by atomic mass is 16.5. The number of rotatable bonds is 9. The van der Waals surface area contributed by atoms with Gasteiger partial charge < -0.3 is 14.6 Å². The molecule has 0 aliphatic rings. The van der Waals surface area contributed by atoms with E-state index >= 15 is 0 Å². The first-order valence-electron chi connectivity index (χ1n) is 9.98. The number of unbranched alkanes of at least 4 members (excludes halogenated alkanes) is 1. The molecule has 2 aromatic carbocycles. The summed E-state index contributed by atoms with van der Waals surface area (Å²) in [6, 6.07) is 16.0. The first kappa shape index (κ1) is 19.7. The molecule has 1 heterocycles. The van der Waals surface area contributed by atoms with Crippen LogP contribution >= 0.6 is 0 Å². The van der Waals surface area contributed by atoms with Gasteiger partial charge in [0.2, 0.25) is 0 Å². The van der Waals surface area contributed by atoms with E-state index in [0.717, 1.165) is 48.1 Å². The van der Waals surface area contributed by atoms with Crippen molar-refractivity contribution >= 4 is 28.6 Å². The van der Waals surface area contributed by atoms with Crippen LogP contribution in [0.3, 0.4) is 0 Å². The normalized spacial score (nSPS) is 11.2. The molecule has 0 unspecified atom stereocenters. The molecule has 0 bridgehead atoms. The quantitative estimate of drug-likeness (QED) is 0.382. The monoisotopic (exact) mass is 376 g/mol. The number of nitrogens with one attached hydrogen (secondary N) is 1. The minimum absolute atomic E-state index is 0.268. The van der Waals surface area contributed by atoms with Crippen molar-refractivity contribution in [1.29, 1.82) is 0 Å². The van der Waals surface area contributed by atoms with E-state index in [1.165, 1.54) is 0 Å². The van der Waals surface area contributed by atoms with Gasteiger partial charge in [-0.2, -0.15) is 0 Å². The summed E-state index contributed by atoms with van der Waals surface area (Å²) in [7, 11) is 0. The molecule has 0 radical (unpaired) electrons. The third kappa shape index (κ3) is 4.83. The lowest BCUT2D eigenvalue weighted by molar-refractivity contribution is 0.0526. The number of hydrogen-bond acceptors (Lipinski definition) is 3. The highest BCUT2D eigenvalue weighted by Gasteiger charge is 2.11. The fourth-order valence-corrected chi connectivity index (χ4v) is 3.28. The van der Waals surface area contributed by atoms with Crippen molar-refractivity contribution in [3.8, 4) is 0 Å². The Bertz CT molecular complexity index is 942. The summed E-state index contributed by atoms with van der Waals surface area (Å²) in [5, 5.41) is 4.52. The fraction of sp³-hybridized carbons (Fsp3) is 0.292. The Balaban J connectivity index is 1.66. The molecule has 0 saturated carbocycles. The molecule has 146 valence electrons. The van der Waals surface area contributed by atoms with E-state index in [1.807, 2.05) is 43.3 Å². The Morgan fingerprint density at radius 1 is 1.14 bits per heavy atom. The highest BCUT2D eigenvalue weighted by Crippen LogP contribution is 2.25. The zero-order valence-corrected chi connectivity index (χ0v) is 16.7. The number of carbonyl (C=O) groups excluding carboxylic acids is 1. The van der Waals surface area contributed by atoms with E-state index < -0.39 is 0 Å². The molecule has 0 fully saturated rings. The Kier molecular flexibility index (Phi) is 6.90. The Morgan fingerprint density at radius 2 is 1.96 bits per heavy atom. The number of aromatic nitrogens is 1. The molecule has 3 rings (SSSR count). The van der Waals surface area contributed by atoms with Gasteiger partial charge in [-0.25, -0.2) is 4.79 Å². The summed E-state index contributed by atoms with van der Waals surface area (Å²) in [4.78, 5) is 12.1. The minimum Gasteiger partial charge on any atom is -0.462 e. The summed E-state index contributed by atoms with van der Waals surface area (Å²) >= 11 is 0. The zero-order chi connectivity index (χ0) is 19.8. The number of esters is 1. The van der Waals surface area contributed by atoms with Gasteiger partial charge in [0.15, 0.2) is 0 Å². The molecule has 0 saturated heterocycles. The Hall–Kier alpha value is -3.01. The van der Waals surface area contributed by atoms with Crippen LogP contribution in [-0.4, -0.2) is 23.7 Å². The van der Waals surface area contributed by atoms with Crippen LogP contribution in [0.25, 0.3) is 17.0 Å². The summed E-state index contributed by atoms with van der Waals surface area (Å²) < 4.78 is 7.35. The van der Waals surface area contributed by atoms with Crippen molar-refractivity contribution in [2.24, 2.45) is 0 Å². The topological polar surface area (TPSA) is 43.3 Å². The van der Waals surface area contributed by atoms with E-state index in [4.69, 9.17) is 4.74 Å². The molecule has 3 aromatic rings. The van der Waals surface area contributed by atoms with Crippen LogP contribution in [0.2, 0.25) is 0 Å². The highest BCUT2D eigenvalue weighted by molar-refractivity contribution is 5.97. The average Bonchev–Trinajstić information content (AvgIpc) is 3.08. The van der Waals surface area contributed by atoms with Crippen molar-refractivity contribution in [1.82, 2.24) is 4.57 Å². The first-order chi connectivity index (χ1) is 13.7. The summed E-state index contributed by atoms with van der Waals surface area (Å²) in [6.07, 6.45) is 8.57. The number of ether oxygens (including phenoxy) is 1. The van der Waals surface area contributed by atoms with E-state index in [2.05, 4.69) is 47.3 Å². The standard InChI is InChI=1S/C24H28N2O2/c1-3-26-18-20(11-7-6-10-16-25-21-12-8-5-9-13-21)22-17-19(14-15-23(22)26)24(27)28-4-2/h5,7-9,11-15,17-18,25H,3-4,6,10,16H2,1-2H3/b11-7-. The van der Waals surface area contributed by atoms with E-state index in [1.54, 1.807) is 0 Å². The van der Waals surface area contributed by atoms with Gasteiger partial charge in [0.25, 0.3) is 0 Å². The van der Waals surface area contributed by atoms with Crippen LogP contribution in [0.1, 0.15) is 42.6 Å². The van der Waals surface area contributed by atoms with E-state index in [-0.39, 0.29) is 5.97 Å². The molecule has 0 atom stereocenters. The summed E-state index contributed by atoms with van der Waals surface area (Å²) in [5.74, 6) is -0.268. The molecule has 28 heavy (non-hydrogen) atoms. The lowest BCUT2D eigenvalue weighted by Gasteiger charge is -2.04. The minimum atomic E-state index is -0.268. The van der Waals surface area contributed by atoms with Crippen LogP contribution in [0.5, 0.6) is 0 Å². The third-order valence-corrected chi connectivity index (χ3v) is 4.71. The number of benzene rings is 2. The number of para-hydroxylation sites is 1. The van der Waals surface area contributed by atoms with Gasteiger partial charge in [-0.15, -0.1) is 0 Å². The largest absolute Gasteiger partial charge is 0.462 e. The predicted octanol–water partition coefficient (Wildman–Crippen LogP) is 5.74. The van der Waals surface area contributed by atoms with Crippen LogP contribution in [-0.2, 0) is 11.3 Å². The molecular weight excluding hydrogens is 348 g/mol. The second-order valence-corrected chi connectivity index (χ2v) is 6.66. The van der Waals surface area contributed by atoms with Crippen LogP contribution in [0, 0.1) is 0 Å². The number of carbonyl (C=O) groups is 1. The van der Waals surface area contributed by atoms with Gasteiger partial charge in [0, 0.05) is 35.9 Å². The molecule has 4 nitrogen and oxygen atoms in total. The Labute approximate surface area is 166 Å². The van der Waals surface area contributed by atoms with Crippen LogP contribution in [0.15, 0.2) is 60.8 Å². The van der Waals surface area contributed by atoms with Gasteiger partial charge in [-0.05, 0) is 62.6 Å². The lowest BCUT2D eigenvalue weighted by Crippen LogP contribution is -2.04. The van der Waals surface area contributed by atoms with Gasteiger partial charge in [0.05, 0.1) is 12.2 Å². The number of aryl methyl sites for hydroxylation is 1. The molecule has 0 amide bonds. The van der Waals surface area contributed by atoms with Gasteiger partial charge in [-0.1, -0.05) is 30.4 Å². The third-order valence-electron chi connectivity index (χ3n) is 4.71. The maximum Gasteiger partial charge on any atom is 0.338 e. The second kappa shape index (κ2) is 9.79. The number of allylic oxidation sites excluding steroid dienone is 1. The van der Waals surface area contributed by atoms with E-state index in [0.29, 0.717) is 12.2 Å². The molecule has 4 heteroatoms. The van der Waals surface area contributed by atoms with Crippen molar-refractivity contribution in [2.45, 2.75) is 33.2 Å². The van der Waals surface area contributed by atoms with Crippen molar-refractivity contribution in [3.05, 3.63) is 71.9 Å². The smallest absolute Gasteiger partial charge is 0.338 e. The van der Waals surface area contributed by atoms with Gasteiger partial charge in [-0.3, -0.25) is 0 Å². The summed E-state index contributed by atoms with van der Waals surface area (Å²) in [6.45, 7) is 6.17. The van der Waals surface area contributed by atoms with Crippen LogP contribution in [0.4, 0.5) is 5.69 Å². The molecule has 0 aliphatic heterocycles. The second-order valence-electron chi connectivity index (χ2n) is 6.66. The number of anilines is 1. The van der Waals surface area contributed by atoms with Crippen molar-refractivity contribution in [3.63, 3.8) is 0 Å². The molecular formula is C24H28N2O2. The van der Waals surface area contributed by atoms with Gasteiger partial charge in [0.1, 0.15) is 0 Å². The molecule has 0 aliphatic carbocycles. The average molecular weight is 377 g/mol. The number of fused-ring (bicyclic) bond motifs is 1. The molecule has 1 aromatic heterocycles. The molecule has 1 N–H and O–H groups in total. The van der Waals surface area contributed by atoms with E-state index in [9.17, 15) is 4.79 Å². The lowest BCUT2D eigenvalue weighted by atomic mass is 10.1. The zero-order valence-electron chi connectivity index (χ0n) is 16.7. The van der Waals surface area contributed by atoms with Crippen LogP contribution < -0.4 is 5.32 Å².